The van der Waals surface area contributed by atoms with Gasteiger partial charge in [0.15, 0.2) is 8.32 Å². The second-order valence-corrected chi connectivity index (χ2v) is 11.1. The molecule has 0 spiro atoms. The second kappa shape index (κ2) is 8.96. The number of rotatable bonds is 10. The van der Waals surface area contributed by atoms with Crippen molar-refractivity contribution < 1.29 is 9.16 Å². The van der Waals surface area contributed by atoms with Crippen LogP contribution < -0.4 is 4.74 Å². The predicted octanol–water partition coefficient (Wildman–Crippen LogP) is 5.94. The average molecular weight is 319 g/mol. The van der Waals surface area contributed by atoms with Gasteiger partial charge in [-0.2, -0.15) is 0 Å². The minimum atomic E-state index is -1.64. The van der Waals surface area contributed by atoms with Crippen molar-refractivity contribution in [3.63, 3.8) is 0 Å². The van der Waals surface area contributed by atoms with Crippen LogP contribution in [0.5, 0.6) is 5.75 Å². The first-order chi connectivity index (χ1) is 10.3. The molecule has 0 heterocycles. The van der Waals surface area contributed by atoms with Crippen molar-refractivity contribution in [1.29, 1.82) is 0 Å². The summed E-state index contributed by atoms with van der Waals surface area (Å²) in [5, 5.41) is 0. The third-order valence-electron chi connectivity index (χ3n) is 3.22. The lowest BCUT2D eigenvalue weighted by molar-refractivity contribution is 0.208. The zero-order valence-electron chi connectivity index (χ0n) is 14.5. The Balaban J connectivity index is 2.66. The summed E-state index contributed by atoms with van der Waals surface area (Å²) in [5.41, 5.74) is 1.15. The van der Waals surface area contributed by atoms with E-state index in [0.717, 1.165) is 29.9 Å². The first kappa shape index (κ1) is 18.7. The van der Waals surface area contributed by atoms with Crippen molar-refractivity contribution in [1.82, 2.24) is 0 Å². The zero-order chi connectivity index (χ0) is 16.6. The standard InChI is InChI=1S/C19H30O2Si/c1-7-8-12-16(2)19(21-22(4,5)6)15-17(3)20-18-13-10-9-11-14-18/h9-11,13-14,19H,2-3,7-8,12,15H2,1,4-6H3. The fraction of sp³-hybridized carbons (Fsp3) is 0.474. The summed E-state index contributed by atoms with van der Waals surface area (Å²) in [7, 11) is -1.64. The summed E-state index contributed by atoms with van der Waals surface area (Å²) in [6, 6.07) is 9.76. The Kier molecular flexibility index (Phi) is 7.63. The van der Waals surface area contributed by atoms with Crippen molar-refractivity contribution in [2.75, 3.05) is 0 Å². The molecular formula is C19H30O2Si. The molecule has 1 aromatic carbocycles. The van der Waals surface area contributed by atoms with Gasteiger partial charge in [0, 0.05) is 6.42 Å². The molecule has 0 radical (unpaired) electrons. The molecule has 0 aliphatic carbocycles. The van der Waals surface area contributed by atoms with Gasteiger partial charge in [0.1, 0.15) is 5.75 Å². The summed E-state index contributed by atoms with van der Waals surface area (Å²) >= 11 is 0. The molecule has 0 bridgehead atoms. The molecule has 0 fully saturated rings. The van der Waals surface area contributed by atoms with Crippen molar-refractivity contribution >= 4 is 8.32 Å². The number of benzene rings is 1. The van der Waals surface area contributed by atoms with Gasteiger partial charge < -0.3 is 9.16 Å². The van der Waals surface area contributed by atoms with Gasteiger partial charge in [-0.1, -0.05) is 44.7 Å². The SMILES string of the molecule is C=C(CC(O[Si](C)(C)C)C(=C)CCCC)Oc1ccccc1. The van der Waals surface area contributed by atoms with Crippen LogP contribution in [-0.2, 0) is 4.43 Å². The topological polar surface area (TPSA) is 18.5 Å². The Hall–Kier alpha value is -1.32. The predicted molar refractivity (Wildman–Crippen MR) is 97.7 cm³/mol. The minimum absolute atomic E-state index is 0.00873. The molecule has 0 aliphatic rings. The van der Waals surface area contributed by atoms with E-state index in [-0.39, 0.29) is 6.10 Å². The monoisotopic (exact) mass is 318 g/mol. The second-order valence-electron chi connectivity index (χ2n) is 6.64. The van der Waals surface area contributed by atoms with Crippen molar-refractivity contribution in [2.24, 2.45) is 0 Å². The summed E-state index contributed by atoms with van der Waals surface area (Å²) in [5.74, 6) is 1.55. The lowest BCUT2D eigenvalue weighted by Gasteiger charge is -2.28. The summed E-state index contributed by atoms with van der Waals surface area (Å²) in [6.45, 7) is 17.1. The molecule has 1 unspecified atom stereocenters. The van der Waals surface area contributed by atoms with Gasteiger partial charge in [-0.15, -0.1) is 0 Å². The van der Waals surface area contributed by atoms with E-state index in [2.05, 4.69) is 39.7 Å². The highest BCUT2D eigenvalue weighted by Crippen LogP contribution is 2.24. The van der Waals surface area contributed by atoms with Crippen LogP contribution in [0.25, 0.3) is 0 Å². The molecule has 1 aromatic rings. The van der Waals surface area contributed by atoms with Gasteiger partial charge in [0.25, 0.3) is 0 Å². The van der Waals surface area contributed by atoms with E-state index in [1.165, 1.54) is 6.42 Å². The fourth-order valence-electron chi connectivity index (χ4n) is 2.16. The lowest BCUT2D eigenvalue weighted by Crippen LogP contribution is -2.33. The third kappa shape index (κ3) is 7.62. The van der Waals surface area contributed by atoms with Gasteiger partial charge in [-0.05, 0) is 50.2 Å². The third-order valence-corrected chi connectivity index (χ3v) is 4.21. The molecular weight excluding hydrogens is 288 g/mol. The van der Waals surface area contributed by atoms with Crippen LogP contribution in [-0.4, -0.2) is 14.4 Å². The Morgan fingerprint density at radius 2 is 1.77 bits per heavy atom. The lowest BCUT2D eigenvalue weighted by atomic mass is 10.0. The molecule has 0 aliphatic heterocycles. The molecule has 1 rings (SSSR count). The summed E-state index contributed by atoms with van der Waals surface area (Å²) in [6.07, 6.45) is 4.00. The highest BCUT2D eigenvalue weighted by atomic mass is 28.4. The van der Waals surface area contributed by atoms with Gasteiger partial charge in [0.05, 0.1) is 11.9 Å². The Bertz CT molecular complexity index is 474. The van der Waals surface area contributed by atoms with Crippen LogP contribution in [0.2, 0.25) is 19.6 Å². The molecule has 1 atom stereocenters. The van der Waals surface area contributed by atoms with Crippen LogP contribution in [0.15, 0.2) is 54.8 Å². The first-order valence-corrected chi connectivity index (χ1v) is 11.5. The van der Waals surface area contributed by atoms with E-state index in [0.29, 0.717) is 6.42 Å². The smallest absolute Gasteiger partial charge is 0.184 e. The Morgan fingerprint density at radius 1 is 1.14 bits per heavy atom. The van der Waals surface area contributed by atoms with Crippen LogP contribution >= 0.6 is 0 Å². The number of unbranched alkanes of at least 4 members (excludes halogenated alkanes) is 1. The maximum atomic E-state index is 6.30. The minimum Gasteiger partial charge on any atom is -0.462 e. The van der Waals surface area contributed by atoms with Crippen LogP contribution in [0, 0.1) is 0 Å². The number of hydrogen-bond donors (Lipinski definition) is 0. The maximum absolute atomic E-state index is 6.30. The maximum Gasteiger partial charge on any atom is 0.184 e. The number of hydrogen-bond acceptors (Lipinski definition) is 2. The van der Waals surface area contributed by atoms with Gasteiger partial charge in [-0.3, -0.25) is 0 Å². The van der Waals surface area contributed by atoms with E-state index in [9.17, 15) is 0 Å². The highest BCUT2D eigenvalue weighted by Gasteiger charge is 2.24. The Morgan fingerprint density at radius 3 is 2.32 bits per heavy atom. The van der Waals surface area contributed by atoms with E-state index in [1.807, 2.05) is 30.3 Å². The normalized spacial score (nSPS) is 12.7. The summed E-state index contributed by atoms with van der Waals surface area (Å²) in [4.78, 5) is 0. The largest absolute Gasteiger partial charge is 0.462 e. The first-order valence-electron chi connectivity index (χ1n) is 8.08. The van der Waals surface area contributed by atoms with E-state index >= 15 is 0 Å². The average Bonchev–Trinajstić information content (AvgIpc) is 2.43. The van der Waals surface area contributed by atoms with Gasteiger partial charge >= 0.3 is 0 Å². The van der Waals surface area contributed by atoms with E-state index in [1.54, 1.807) is 0 Å². The molecule has 0 amide bonds. The van der Waals surface area contributed by atoms with Crippen molar-refractivity contribution in [3.05, 3.63) is 54.8 Å². The van der Waals surface area contributed by atoms with Gasteiger partial charge in [-0.25, -0.2) is 0 Å². The summed E-state index contributed by atoms with van der Waals surface area (Å²) < 4.78 is 12.1. The quantitative estimate of drug-likeness (QED) is 0.302. The van der Waals surface area contributed by atoms with E-state index in [4.69, 9.17) is 9.16 Å². The Labute approximate surface area is 137 Å². The highest BCUT2D eigenvalue weighted by molar-refractivity contribution is 6.69. The molecule has 0 saturated heterocycles. The van der Waals surface area contributed by atoms with Crippen LogP contribution in [0.1, 0.15) is 32.6 Å². The van der Waals surface area contributed by atoms with Crippen molar-refractivity contribution in [3.8, 4) is 5.75 Å². The molecule has 2 nitrogen and oxygen atoms in total. The van der Waals surface area contributed by atoms with Gasteiger partial charge in [0.2, 0.25) is 0 Å². The molecule has 22 heavy (non-hydrogen) atoms. The number of ether oxygens (including phenoxy) is 1. The van der Waals surface area contributed by atoms with Crippen LogP contribution in [0.4, 0.5) is 0 Å². The van der Waals surface area contributed by atoms with Crippen molar-refractivity contribution in [2.45, 2.75) is 58.4 Å². The van der Waals surface area contributed by atoms with Crippen LogP contribution in [0.3, 0.4) is 0 Å². The zero-order valence-corrected chi connectivity index (χ0v) is 15.5. The number of para-hydroxylation sites is 1. The molecule has 0 aromatic heterocycles. The fourth-order valence-corrected chi connectivity index (χ4v) is 3.27. The molecule has 3 heteroatoms. The van der Waals surface area contributed by atoms with E-state index < -0.39 is 8.32 Å². The molecule has 122 valence electrons. The molecule has 0 N–H and O–H groups in total. The molecule has 0 saturated carbocycles.